The number of carbonyl (C=O) groups excluding carboxylic acids is 3. The Morgan fingerprint density at radius 3 is 2.42 bits per heavy atom. The molecular weight excluding hydrogens is 354 g/mol. The molecule has 2 fully saturated rings. The molecule has 3 rings (SSSR count). The van der Waals surface area contributed by atoms with Gasteiger partial charge >= 0.3 is 0 Å². The molecule has 1 unspecified atom stereocenters. The highest BCUT2D eigenvalue weighted by atomic mass is 32.2. The Labute approximate surface area is 143 Å². The van der Waals surface area contributed by atoms with Gasteiger partial charge in [-0.15, -0.1) is 0 Å². The van der Waals surface area contributed by atoms with Gasteiger partial charge in [-0.25, -0.2) is 13.6 Å². The molecule has 1 aromatic rings. The number of benzene rings is 1. The van der Waals surface area contributed by atoms with Crippen LogP contribution in [-0.2, 0) is 14.8 Å². The number of nitrogens with zero attached hydrogens (tertiary/aromatic N) is 2. The first-order valence-corrected chi connectivity index (χ1v) is 9.71. The van der Waals surface area contributed by atoms with E-state index in [0.717, 1.165) is 11.8 Å². The molecule has 0 radical (unpaired) electrons. The quantitative estimate of drug-likeness (QED) is 0.816. The van der Waals surface area contributed by atoms with Crippen molar-refractivity contribution in [3.05, 3.63) is 29.8 Å². The summed E-state index contributed by atoms with van der Waals surface area (Å²) in [5, 5.41) is 4.76. The second kappa shape index (κ2) is 6.19. The summed E-state index contributed by atoms with van der Waals surface area (Å²) < 4.78 is 22.5. The van der Waals surface area contributed by atoms with Gasteiger partial charge in [-0.2, -0.15) is 0 Å². The first kappa shape index (κ1) is 16.9. The number of imide groups is 1. The third kappa shape index (κ3) is 3.17. The minimum atomic E-state index is -3.81. The number of primary sulfonamides is 1. The number of hydrogen-bond acceptors (Lipinski definition) is 6. The highest BCUT2D eigenvalue weighted by Gasteiger charge is 2.40. The molecule has 0 saturated carbocycles. The topological polar surface area (TPSA) is 118 Å². The van der Waals surface area contributed by atoms with Gasteiger partial charge in [-0.3, -0.25) is 19.3 Å². The van der Waals surface area contributed by atoms with Gasteiger partial charge < -0.3 is 4.90 Å². The van der Waals surface area contributed by atoms with Crippen LogP contribution in [0.25, 0.3) is 0 Å². The van der Waals surface area contributed by atoms with Crippen molar-refractivity contribution in [1.82, 2.24) is 9.80 Å². The Bertz CT molecular complexity index is 790. The maximum atomic E-state index is 12.5. The van der Waals surface area contributed by atoms with Gasteiger partial charge in [0, 0.05) is 18.7 Å². The number of amides is 3. The smallest absolute Gasteiger partial charge is 0.289 e. The first-order chi connectivity index (χ1) is 11.3. The fraction of sp³-hybridized carbons (Fsp3) is 0.357. The van der Waals surface area contributed by atoms with Crippen molar-refractivity contribution < 1.29 is 22.8 Å². The summed E-state index contributed by atoms with van der Waals surface area (Å²) in [6, 6.07) is 5.06. The first-order valence-electron chi connectivity index (χ1n) is 7.18. The predicted molar refractivity (Wildman–Crippen MR) is 86.8 cm³/mol. The number of rotatable bonds is 3. The third-order valence-electron chi connectivity index (χ3n) is 4.03. The molecule has 8 nitrogen and oxygen atoms in total. The number of carbonyl (C=O) groups is 3. The van der Waals surface area contributed by atoms with Crippen LogP contribution in [0.15, 0.2) is 29.2 Å². The molecule has 2 saturated heterocycles. The SMILES string of the molecule is NS(=O)(=O)c1ccc(C(=O)N2CCC(N3C(=O)CSC3=O)C2)cc1. The summed E-state index contributed by atoms with van der Waals surface area (Å²) in [6.07, 6.45) is 0.541. The maximum Gasteiger partial charge on any atom is 0.289 e. The standard InChI is InChI=1S/C14H15N3O5S2/c15-24(21,22)11-3-1-9(2-4-11)13(19)16-6-5-10(7-16)17-12(18)8-23-14(17)20/h1-4,10H,5-8H2,(H2,15,21,22). The number of likely N-dealkylation sites (tertiary alicyclic amines) is 1. The molecule has 2 heterocycles. The highest BCUT2D eigenvalue weighted by Crippen LogP contribution is 2.27. The van der Waals surface area contributed by atoms with E-state index in [0.29, 0.717) is 18.5 Å². The lowest BCUT2D eigenvalue weighted by molar-refractivity contribution is -0.126. The van der Waals surface area contributed by atoms with Crippen LogP contribution in [-0.4, -0.2) is 60.2 Å². The molecule has 1 atom stereocenters. The van der Waals surface area contributed by atoms with E-state index < -0.39 is 10.0 Å². The van der Waals surface area contributed by atoms with Crippen molar-refractivity contribution in [3.8, 4) is 0 Å². The molecule has 2 aliphatic rings. The molecule has 0 bridgehead atoms. The molecule has 10 heteroatoms. The van der Waals surface area contributed by atoms with Gasteiger partial charge in [0.25, 0.3) is 11.1 Å². The van der Waals surface area contributed by atoms with E-state index in [1.807, 2.05) is 0 Å². The lowest BCUT2D eigenvalue weighted by Gasteiger charge is -2.22. The van der Waals surface area contributed by atoms with Gasteiger partial charge in [0.2, 0.25) is 15.9 Å². The zero-order valence-electron chi connectivity index (χ0n) is 12.5. The lowest BCUT2D eigenvalue weighted by Crippen LogP contribution is -2.41. The van der Waals surface area contributed by atoms with Gasteiger partial charge in [0.15, 0.2) is 0 Å². The van der Waals surface area contributed by atoms with E-state index in [2.05, 4.69) is 0 Å². The van der Waals surface area contributed by atoms with Gasteiger partial charge in [-0.05, 0) is 30.7 Å². The van der Waals surface area contributed by atoms with Crippen molar-refractivity contribution in [2.45, 2.75) is 17.4 Å². The highest BCUT2D eigenvalue weighted by molar-refractivity contribution is 8.14. The lowest BCUT2D eigenvalue weighted by atomic mass is 10.2. The van der Waals surface area contributed by atoms with Gasteiger partial charge in [0.1, 0.15) is 0 Å². The number of thioether (sulfide) groups is 1. The van der Waals surface area contributed by atoms with E-state index in [1.54, 1.807) is 4.90 Å². The fourth-order valence-corrected chi connectivity index (χ4v) is 4.12. The molecule has 0 aromatic heterocycles. The Morgan fingerprint density at radius 2 is 1.88 bits per heavy atom. The molecule has 2 aliphatic heterocycles. The van der Waals surface area contributed by atoms with Crippen molar-refractivity contribution in [3.63, 3.8) is 0 Å². The summed E-state index contributed by atoms with van der Waals surface area (Å²) in [6.45, 7) is 0.718. The Hall–Kier alpha value is -1.91. The molecule has 24 heavy (non-hydrogen) atoms. The zero-order chi connectivity index (χ0) is 17.5. The van der Waals surface area contributed by atoms with Crippen LogP contribution in [0.5, 0.6) is 0 Å². The van der Waals surface area contributed by atoms with Crippen LogP contribution >= 0.6 is 11.8 Å². The second-order valence-corrected chi connectivity index (χ2v) is 8.07. The van der Waals surface area contributed by atoms with E-state index in [-0.39, 0.29) is 40.3 Å². The number of nitrogens with two attached hydrogens (primary N) is 1. The van der Waals surface area contributed by atoms with Crippen LogP contribution in [0.4, 0.5) is 4.79 Å². The average molecular weight is 369 g/mol. The summed E-state index contributed by atoms with van der Waals surface area (Å²) in [7, 11) is -3.81. The van der Waals surface area contributed by atoms with Crippen LogP contribution in [0.1, 0.15) is 16.8 Å². The van der Waals surface area contributed by atoms with E-state index in [4.69, 9.17) is 5.14 Å². The van der Waals surface area contributed by atoms with Crippen molar-refractivity contribution in [1.29, 1.82) is 0 Å². The Morgan fingerprint density at radius 1 is 1.21 bits per heavy atom. The summed E-state index contributed by atoms with van der Waals surface area (Å²) >= 11 is 0.975. The van der Waals surface area contributed by atoms with E-state index >= 15 is 0 Å². The third-order valence-corrected chi connectivity index (χ3v) is 5.79. The molecule has 2 N–H and O–H groups in total. The van der Waals surface area contributed by atoms with E-state index in [1.165, 1.54) is 29.2 Å². The Kier molecular flexibility index (Phi) is 4.37. The number of hydrogen-bond donors (Lipinski definition) is 1. The van der Waals surface area contributed by atoms with Crippen LogP contribution in [0, 0.1) is 0 Å². The van der Waals surface area contributed by atoms with Crippen molar-refractivity contribution in [2.24, 2.45) is 5.14 Å². The predicted octanol–water partition coefficient (Wildman–Crippen LogP) is 0.244. The molecule has 1 aromatic carbocycles. The fourth-order valence-electron chi connectivity index (χ4n) is 2.82. The normalized spacial score (nSPS) is 21.6. The average Bonchev–Trinajstić information content (AvgIpc) is 3.13. The van der Waals surface area contributed by atoms with Crippen LogP contribution in [0.3, 0.4) is 0 Å². The largest absolute Gasteiger partial charge is 0.336 e. The van der Waals surface area contributed by atoms with Crippen molar-refractivity contribution >= 4 is 38.8 Å². The molecule has 0 aliphatic carbocycles. The summed E-state index contributed by atoms with van der Waals surface area (Å²) in [5.74, 6) is -0.342. The Balaban J connectivity index is 1.70. The zero-order valence-corrected chi connectivity index (χ0v) is 14.2. The molecule has 128 valence electrons. The van der Waals surface area contributed by atoms with Crippen LogP contribution in [0.2, 0.25) is 0 Å². The minimum Gasteiger partial charge on any atom is -0.336 e. The summed E-state index contributed by atoms with van der Waals surface area (Å²) in [4.78, 5) is 38.7. The van der Waals surface area contributed by atoms with Gasteiger partial charge in [-0.1, -0.05) is 11.8 Å². The monoisotopic (exact) mass is 369 g/mol. The summed E-state index contributed by atoms with van der Waals surface area (Å²) in [5.41, 5.74) is 0.330. The maximum absolute atomic E-state index is 12.5. The van der Waals surface area contributed by atoms with Crippen LogP contribution < -0.4 is 5.14 Å². The molecular formula is C14H15N3O5S2. The van der Waals surface area contributed by atoms with Crippen molar-refractivity contribution in [2.75, 3.05) is 18.8 Å². The molecule has 0 spiro atoms. The van der Waals surface area contributed by atoms with Gasteiger partial charge in [0.05, 0.1) is 16.7 Å². The van der Waals surface area contributed by atoms with E-state index in [9.17, 15) is 22.8 Å². The second-order valence-electron chi connectivity index (χ2n) is 5.58. The molecule has 3 amide bonds. The minimum absolute atomic E-state index is 0.0661. The number of sulfonamides is 1.